The number of nitro benzene ring substituents is 1. The summed E-state index contributed by atoms with van der Waals surface area (Å²) >= 11 is 0. The minimum Gasteiger partial charge on any atom is -0.298 e. The van der Waals surface area contributed by atoms with Gasteiger partial charge in [0.25, 0.3) is 5.69 Å². The molecule has 2 rings (SSSR count). The molecule has 76 valence electrons. The maximum absolute atomic E-state index is 10.5. The van der Waals surface area contributed by atoms with E-state index in [4.69, 9.17) is 0 Å². The minimum atomic E-state index is -0.349. The quantitative estimate of drug-likeness (QED) is 0.530. The van der Waals surface area contributed by atoms with Crippen molar-refractivity contribution >= 4 is 18.1 Å². The summed E-state index contributed by atoms with van der Waals surface area (Å²) in [6.45, 7) is 1.71. The highest BCUT2D eigenvalue weighted by Gasteiger charge is 2.18. The second-order valence-electron chi connectivity index (χ2n) is 3.38. The monoisotopic (exact) mass is 214 g/mol. The Bertz CT molecular complexity index is 368. The zero-order valence-corrected chi connectivity index (χ0v) is 8.58. The van der Waals surface area contributed by atoms with Crippen LogP contribution in [0.25, 0.3) is 0 Å². The van der Waals surface area contributed by atoms with Crippen LogP contribution < -0.4 is 0 Å². The second-order valence-corrected chi connectivity index (χ2v) is 3.38. The van der Waals surface area contributed by atoms with Gasteiger partial charge in [-0.2, -0.15) is 0 Å². The molecule has 0 spiro atoms. The van der Waals surface area contributed by atoms with Gasteiger partial charge in [0.05, 0.1) is 4.92 Å². The molecule has 0 fully saturated rings. The molecule has 14 heavy (non-hydrogen) atoms. The molecular formula is C9H11ClN2O2. The first-order chi connectivity index (χ1) is 6.16. The van der Waals surface area contributed by atoms with Crippen LogP contribution in [-0.4, -0.2) is 16.9 Å². The van der Waals surface area contributed by atoms with E-state index in [9.17, 15) is 10.1 Å². The van der Waals surface area contributed by atoms with Gasteiger partial charge in [-0.1, -0.05) is 6.07 Å². The zero-order valence-electron chi connectivity index (χ0n) is 7.77. The summed E-state index contributed by atoms with van der Waals surface area (Å²) in [7, 11) is 2.01. The van der Waals surface area contributed by atoms with Crippen LogP contribution in [0.1, 0.15) is 11.1 Å². The van der Waals surface area contributed by atoms with E-state index in [1.165, 1.54) is 5.56 Å². The smallest absolute Gasteiger partial charge is 0.269 e. The predicted molar refractivity (Wildman–Crippen MR) is 55.5 cm³/mol. The number of hydrogen-bond acceptors (Lipinski definition) is 3. The number of hydrogen-bond donors (Lipinski definition) is 0. The first kappa shape index (κ1) is 10.9. The fourth-order valence-corrected chi connectivity index (χ4v) is 1.66. The third-order valence-corrected chi connectivity index (χ3v) is 2.28. The van der Waals surface area contributed by atoms with E-state index in [1.54, 1.807) is 12.1 Å². The molecular weight excluding hydrogens is 204 g/mol. The molecule has 0 radical (unpaired) electrons. The molecule has 0 atom stereocenters. The van der Waals surface area contributed by atoms with Gasteiger partial charge in [0.15, 0.2) is 0 Å². The van der Waals surface area contributed by atoms with Gasteiger partial charge < -0.3 is 0 Å². The van der Waals surface area contributed by atoms with Crippen molar-refractivity contribution in [3.63, 3.8) is 0 Å². The summed E-state index contributed by atoms with van der Waals surface area (Å²) in [4.78, 5) is 12.3. The van der Waals surface area contributed by atoms with Crippen LogP contribution in [-0.2, 0) is 13.1 Å². The van der Waals surface area contributed by atoms with E-state index in [2.05, 4.69) is 4.90 Å². The van der Waals surface area contributed by atoms with Crippen LogP contribution in [0.3, 0.4) is 0 Å². The van der Waals surface area contributed by atoms with Gasteiger partial charge >= 0.3 is 0 Å². The van der Waals surface area contributed by atoms with E-state index < -0.39 is 0 Å². The lowest BCUT2D eigenvalue weighted by Gasteiger charge is -2.02. The zero-order chi connectivity index (χ0) is 9.42. The van der Waals surface area contributed by atoms with Gasteiger partial charge in [0, 0.05) is 25.2 Å². The Labute approximate surface area is 88.1 Å². The Hall–Kier alpha value is -1.13. The maximum atomic E-state index is 10.5. The highest BCUT2D eigenvalue weighted by atomic mass is 35.5. The highest BCUT2D eigenvalue weighted by Crippen LogP contribution is 2.25. The standard InChI is InChI=1S/C9H10N2O2.ClH/c1-10-5-7-2-3-9(11(12)13)4-8(7)6-10;/h2-4H,5-6H2,1H3;1H. The lowest BCUT2D eigenvalue weighted by Crippen LogP contribution is -2.07. The van der Waals surface area contributed by atoms with Crippen molar-refractivity contribution in [3.8, 4) is 0 Å². The van der Waals surface area contributed by atoms with Crippen molar-refractivity contribution in [1.29, 1.82) is 0 Å². The molecule has 1 aromatic carbocycles. The molecule has 1 heterocycles. The maximum Gasteiger partial charge on any atom is 0.269 e. The SMILES string of the molecule is CN1Cc2ccc([N+](=O)[O-])cc2C1.Cl. The number of rotatable bonds is 1. The molecule has 5 heteroatoms. The average molecular weight is 215 g/mol. The first-order valence-electron chi connectivity index (χ1n) is 4.11. The Kier molecular flexibility index (Phi) is 3.08. The molecule has 0 aromatic heterocycles. The molecule has 0 saturated carbocycles. The topological polar surface area (TPSA) is 46.4 Å². The molecule has 0 amide bonds. The molecule has 1 aliphatic heterocycles. The third kappa shape index (κ3) is 1.86. The molecule has 1 aromatic rings. The van der Waals surface area contributed by atoms with Crippen LogP contribution in [0.4, 0.5) is 5.69 Å². The largest absolute Gasteiger partial charge is 0.298 e. The fourth-order valence-electron chi connectivity index (χ4n) is 1.66. The van der Waals surface area contributed by atoms with Crippen molar-refractivity contribution in [1.82, 2.24) is 4.90 Å². The van der Waals surface area contributed by atoms with Crippen LogP contribution >= 0.6 is 12.4 Å². The average Bonchev–Trinajstić information content (AvgIpc) is 2.42. The Morgan fingerprint density at radius 3 is 2.64 bits per heavy atom. The number of non-ortho nitro benzene ring substituents is 1. The Morgan fingerprint density at radius 2 is 2.00 bits per heavy atom. The summed E-state index contributed by atoms with van der Waals surface area (Å²) in [5.41, 5.74) is 2.47. The molecule has 0 unspecified atom stereocenters. The van der Waals surface area contributed by atoms with Gasteiger partial charge in [0.2, 0.25) is 0 Å². The molecule has 0 bridgehead atoms. The fraction of sp³-hybridized carbons (Fsp3) is 0.333. The number of nitrogens with zero attached hydrogens (tertiary/aromatic N) is 2. The highest BCUT2D eigenvalue weighted by molar-refractivity contribution is 5.85. The summed E-state index contributed by atoms with van der Waals surface area (Å²) in [5, 5.41) is 10.5. The van der Waals surface area contributed by atoms with Gasteiger partial charge in [0.1, 0.15) is 0 Å². The summed E-state index contributed by atoms with van der Waals surface area (Å²) in [5.74, 6) is 0. The normalized spacial score (nSPS) is 14.6. The summed E-state index contributed by atoms with van der Waals surface area (Å²) < 4.78 is 0. The predicted octanol–water partition coefficient (Wildman–Crippen LogP) is 1.96. The number of halogens is 1. The number of benzene rings is 1. The second kappa shape index (κ2) is 3.94. The Morgan fingerprint density at radius 1 is 1.36 bits per heavy atom. The molecule has 0 aliphatic carbocycles. The first-order valence-corrected chi connectivity index (χ1v) is 4.11. The lowest BCUT2D eigenvalue weighted by molar-refractivity contribution is -0.384. The molecule has 0 saturated heterocycles. The lowest BCUT2D eigenvalue weighted by atomic mass is 10.1. The Balaban J connectivity index is 0.000000980. The summed E-state index contributed by atoms with van der Waals surface area (Å²) in [6, 6.07) is 5.08. The van der Waals surface area contributed by atoms with E-state index >= 15 is 0 Å². The van der Waals surface area contributed by atoms with E-state index in [-0.39, 0.29) is 23.0 Å². The van der Waals surface area contributed by atoms with Crippen molar-refractivity contribution in [3.05, 3.63) is 39.4 Å². The van der Waals surface area contributed by atoms with E-state index in [1.807, 2.05) is 13.1 Å². The van der Waals surface area contributed by atoms with Crippen LogP contribution in [0.2, 0.25) is 0 Å². The molecule has 0 N–H and O–H groups in total. The van der Waals surface area contributed by atoms with E-state index in [0.29, 0.717) is 0 Å². The van der Waals surface area contributed by atoms with Crippen LogP contribution in [0.5, 0.6) is 0 Å². The van der Waals surface area contributed by atoms with Crippen molar-refractivity contribution in [2.45, 2.75) is 13.1 Å². The van der Waals surface area contributed by atoms with Crippen molar-refractivity contribution in [2.24, 2.45) is 0 Å². The van der Waals surface area contributed by atoms with Gasteiger partial charge in [-0.15, -0.1) is 12.4 Å². The summed E-state index contributed by atoms with van der Waals surface area (Å²) in [6.07, 6.45) is 0. The van der Waals surface area contributed by atoms with Crippen molar-refractivity contribution < 1.29 is 4.92 Å². The van der Waals surface area contributed by atoms with Crippen LogP contribution in [0.15, 0.2) is 18.2 Å². The van der Waals surface area contributed by atoms with Gasteiger partial charge in [-0.3, -0.25) is 15.0 Å². The number of fused-ring (bicyclic) bond motifs is 1. The third-order valence-electron chi connectivity index (χ3n) is 2.28. The molecule has 4 nitrogen and oxygen atoms in total. The van der Waals surface area contributed by atoms with Crippen molar-refractivity contribution in [2.75, 3.05) is 7.05 Å². The number of nitro groups is 1. The van der Waals surface area contributed by atoms with Gasteiger partial charge in [-0.05, 0) is 18.2 Å². The molecule has 1 aliphatic rings. The van der Waals surface area contributed by atoms with E-state index in [0.717, 1.165) is 18.7 Å². The van der Waals surface area contributed by atoms with Gasteiger partial charge in [-0.25, -0.2) is 0 Å². The van der Waals surface area contributed by atoms with Crippen LogP contribution in [0, 0.1) is 10.1 Å². The minimum absolute atomic E-state index is 0.